The Labute approximate surface area is 72.7 Å². The Hall–Kier alpha value is -1.31. The highest BCUT2D eigenvalue weighted by Crippen LogP contribution is 2.02. The number of hydrogen-bond acceptors (Lipinski definition) is 2. The number of hydrogen-bond donors (Lipinski definition) is 1. The second-order valence-corrected chi connectivity index (χ2v) is 2.86. The molecule has 0 radical (unpaired) electrons. The Balaban J connectivity index is 2.66. The minimum atomic E-state index is 0.0673. The summed E-state index contributed by atoms with van der Waals surface area (Å²) < 4.78 is 5.22. The van der Waals surface area contributed by atoms with Gasteiger partial charge in [-0.2, -0.15) is 0 Å². The van der Waals surface area contributed by atoms with Gasteiger partial charge in [0.25, 0.3) is 0 Å². The van der Waals surface area contributed by atoms with E-state index >= 15 is 0 Å². The molecule has 0 spiro atoms. The molecule has 1 N–H and O–H groups in total. The van der Waals surface area contributed by atoms with Gasteiger partial charge in [-0.05, 0) is 26.0 Å². The van der Waals surface area contributed by atoms with Gasteiger partial charge < -0.3 is 4.74 Å². The quantitative estimate of drug-likeness (QED) is 0.527. The van der Waals surface area contributed by atoms with Crippen LogP contribution in [0.3, 0.4) is 0 Å². The van der Waals surface area contributed by atoms with E-state index in [0.717, 1.165) is 5.56 Å². The monoisotopic (exact) mass is 163 g/mol. The smallest absolute Gasteiger partial charge is 0.213 e. The van der Waals surface area contributed by atoms with Crippen LogP contribution in [0.4, 0.5) is 0 Å². The van der Waals surface area contributed by atoms with Crippen LogP contribution in [-0.4, -0.2) is 12.0 Å². The lowest BCUT2D eigenvalue weighted by atomic mass is 10.2. The van der Waals surface area contributed by atoms with Gasteiger partial charge in [0, 0.05) is 5.56 Å². The van der Waals surface area contributed by atoms with E-state index in [1.807, 2.05) is 44.2 Å². The van der Waals surface area contributed by atoms with Crippen molar-refractivity contribution in [1.82, 2.24) is 0 Å². The molecule has 12 heavy (non-hydrogen) atoms. The van der Waals surface area contributed by atoms with Crippen LogP contribution in [0, 0.1) is 5.41 Å². The van der Waals surface area contributed by atoms with Gasteiger partial charge in [-0.3, -0.25) is 5.41 Å². The number of ether oxygens (including phenoxy) is 1. The van der Waals surface area contributed by atoms with Gasteiger partial charge in [-0.25, -0.2) is 0 Å². The van der Waals surface area contributed by atoms with Crippen LogP contribution in [0.5, 0.6) is 0 Å². The molecule has 0 amide bonds. The van der Waals surface area contributed by atoms with Gasteiger partial charge in [-0.15, -0.1) is 0 Å². The van der Waals surface area contributed by atoms with E-state index in [9.17, 15) is 0 Å². The first-order valence-electron chi connectivity index (χ1n) is 4.01. The fourth-order valence-electron chi connectivity index (χ4n) is 0.893. The maximum Gasteiger partial charge on any atom is 0.213 e. The molecule has 2 heteroatoms. The highest BCUT2D eigenvalue weighted by atomic mass is 16.5. The molecule has 0 atom stereocenters. The normalized spacial score (nSPS) is 9.92. The zero-order valence-electron chi connectivity index (χ0n) is 7.37. The second kappa shape index (κ2) is 3.90. The Bertz CT molecular complexity index is 254. The topological polar surface area (TPSA) is 33.1 Å². The Morgan fingerprint density at radius 2 is 1.83 bits per heavy atom. The summed E-state index contributed by atoms with van der Waals surface area (Å²) >= 11 is 0. The van der Waals surface area contributed by atoms with E-state index in [0.29, 0.717) is 0 Å². The molecule has 0 saturated carbocycles. The largest absolute Gasteiger partial charge is 0.475 e. The molecular weight excluding hydrogens is 150 g/mol. The molecule has 0 unspecified atom stereocenters. The third-order valence-corrected chi connectivity index (χ3v) is 1.39. The molecule has 1 rings (SSSR count). The summed E-state index contributed by atoms with van der Waals surface area (Å²) in [4.78, 5) is 0. The molecule has 0 heterocycles. The molecule has 1 aromatic rings. The molecular formula is C10H13NO. The van der Waals surface area contributed by atoms with Crippen molar-refractivity contribution in [3.8, 4) is 0 Å². The van der Waals surface area contributed by atoms with E-state index < -0.39 is 0 Å². The lowest BCUT2D eigenvalue weighted by Crippen LogP contribution is -2.11. The molecule has 0 aliphatic carbocycles. The average Bonchev–Trinajstić information content (AvgIpc) is 2.05. The van der Waals surface area contributed by atoms with E-state index in [1.54, 1.807) is 0 Å². The van der Waals surface area contributed by atoms with E-state index in [2.05, 4.69) is 0 Å². The zero-order valence-corrected chi connectivity index (χ0v) is 7.37. The number of rotatable bonds is 2. The Morgan fingerprint density at radius 3 is 2.33 bits per heavy atom. The molecule has 0 aromatic heterocycles. The summed E-state index contributed by atoms with van der Waals surface area (Å²) in [5, 5.41) is 7.54. The van der Waals surface area contributed by atoms with Crippen LogP contribution in [-0.2, 0) is 4.74 Å². The highest BCUT2D eigenvalue weighted by Gasteiger charge is 2.02. The molecule has 0 saturated heterocycles. The first kappa shape index (κ1) is 8.78. The molecule has 0 aliphatic heterocycles. The summed E-state index contributed by atoms with van der Waals surface area (Å²) in [6.07, 6.45) is 0.0673. The minimum absolute atomic E-state index is 0.0673. The first-order chi connectivity index (χ1) is 5.70. The molecule has 0 bridgehead atoms. The van der Waals surface area contributed by atoms with Crippen molar-refractivity contribution in [3.05, 3.63) is 35.9 Å². The van der Waals surface area contributed by atoms with Crippen LogP contribution in [0.2, 0.25) is 0 Å². The van der Waals surface area contributed by atoms with Gasteiger partial charge in [0.1, 0.15) is 0 Å². The molecule has 64 valence electrons. The van der Waals surface area contributed by atoms with E-state index in [-0.39, 0.29) is 12.0 Å². The van der Waals surface area contributed by atoms with E-state index in [1.165, 1.54) is 0 Å². The highest BCUT2D eigenvalue weighted by molar-refractivity contribution is 5.91. The van der Waals surface area contributed by atoms with Crippen LogP contribution in [0.15, 0.2) is 30.3 Å². The van der Waals surface area contributed by atoms with Crippen molar-refractivity contribution < 1.29 is 4.74 Å². The Morgan fingerprint density at radius 1 is 1.25 bits per heavy atom. The van der Waals surface area contributed by atoms with Crippen molar-refractivity contribution in [3.63, 3.8) is 0 Å². The van der Waals surface area contributed by atoms with E-state index in [4.69, 9.17) is 10.1 Å². The lowest BCUT2D eigenvalue weighted by Gasteiger charge is -2.09. The summed E-state index contributed by atoms with van der Waals surface area (Å²) in [7, 11) is 0. The van der Waals surface area contributed by atoms with Crippen molar-refractivity contribution in [2.24, 2.45) is 0 Å². The zero-order chi connectivity index (χ0) is 8.97. The predicted octanol–water partition coefficient (Wildman–Crippen LogP) is 2.44. The average molecular weight is 163 g/mol. The fourth-order valence-corrected chi connectivity index (χ4v) is 0.893. The summed E-state index contributed by atoms with van der Waals surface area (Å²) in [6.45, 7) is 3.83. The summed E-state index contributed by atoms with van der Waals surface area (Å²) in [5.74, 6) is 0.241. The van der Waals surface area contributed by atoms with Gasteiger partial charge >= 0.3 is 0 Å². The molecule has 0 aliphatic rings. The Kier molecular flexibility index (Phi) is 2.86. The second-order valence-electron chi connectivity index (χ2n) is 2.86. The molecule has 1 aromatic carbocycles. The van der Waals surface area contributed by atoms with Crippen molar-refractivity contribution in [2.45, 2.75) is 20.0 Å². The first-order valence-corrected chi connectivity index (χ1v) is 4.01. The van der Waals surface area contributed by atoms with Gasteiger partial charge in [0.15, 0.2) is 0 Å². The number of nitrogens with one attached hydrogen (secondary N) is 1. The maximum atomic E-state index is 7.54. The van der Waals surface area contributed by atoms with Crippen LogP contribution in [0.1, 0.15) is 19.4 Å². The summed E-state index contributed by atoms with van der Waals surface area (Å²) in [5.41, 5.74) is 0.825. The van der Waals surface area contributed by atoms with Crippen LogP contribution in [0.25, 0.3) is 0 Å². The van der Waals surface area contributed by atoms with Crippen molar-refractivity contribution >= 4 is 5.90 Å². The SMILES string of the molecule is CC(C)OC(=N)c1ccccc1. The molecule has 0 fully saturated rings. The lowest BCUT2D eigenvalue weighted by molar-refractivity contribution is 0.227. The van der Waals surface area contributed by atoms with Crippen molar-refractivity contribution in [2.75, 3.05) is 0 Å². The maximum absolute atomic E-state index is 7.54. The van der Waals surface area contributed by atoms with Crippen LogP contribution < -0.4 is 0 Å². The van der Waals surface area contributed by atoms with Crippen LogP contribution >= 0.6 is 0 Å². The minimum Gasteiger partial charge on any atom is -0.475 e. The van der Waals surface area contributed by atoms with Gasteiger partial charge in [0.05, 0.1) is 6.10 Å². The van der Waals surface area contributed by atoms with Crippen molar-refractivity contribution in [1.29, 1.82) is 5.41 Å². The molecule has 2 nitrogen and oxygen atoms in total. The predicted molar refractivity (Wildman–Crippen MR) is 49.5 cm³/mol. The standard InChI is InChI=1S/C10H13NO/c1-8(2)12-10(11)9-6-4-3-5-7-9/h3-8,11H,1-2H3. The van der Waals surface area contributed by atoms with Gasteiger partial charge in [-0.1, -0.05) is 18.2 Å². The third-order valence-electron chi connectivity index (χ3n) is 1.39. The third kappa shape index (κ3) is 2.38. The van der Waals surface area contributed by atoms with Gasteiger partial charge in [0.2, 0.25) is 5.90 Å². The number of benzene rings is 1. The summed E-state index contributed by atoms with van der Waals surface area (Å²) in [6, 6.07) is 9.45. The fraction of sp³-hybridized carbons (Fsp3) is 0.300.